The first-order chi connectivity index (χ1) is 24.3. The van der Waals surface area contributed by atoms with Crippen LogP contribution in [0.2, 0.25) is 51.4 Å². The molecular formula is C44H82O5Si2. The molecule has 296 valence electrons. The predicted molar refractivity (Wildman–Crippen MR) is 226 cm³/mol. The van der Waals surface area contributed by atoms with Gasteiger partial charge in [-0.1, -0.05) is 154 Å². The summed E-state index contributed by atoms with van der Waals surface area (Å²) in [7, 11) is -2.69. The lowest BCUT2D eigenvalue weighted by atomic mass is 10.0. The van der Waals surface area contributed by atoms with E-state index in [0.717, 1.165) is 80.0 Å². The number of hydrogen-bond acceptors (Lipinski definition) is 5. The normalized spacial score (nSPS) is 13.1. The second-order valence-corrected chi connectivity index (χ2v) is 28.1. The minimum Gasteiger partial charge on any atom is -0.463 e. The smallest absolute Gasteiger partial charge is 0.333 e. The molecule has 5 nitrogen and oxygen atoms in total. The van der Waals surface area contributed by atoms with Gasteiger partial charge in [0.2, 0.25) is 0 Å². The molecule has 0 atom stereocenters. The van der Waals surface area contributed by atoms with E-state index in [1.807, 2.05) is 13.8 Å². The second-order valence-electron chi connectivity index (χ2n) is 17.1. The maximum absolute atomic E-state index is 12.3. The Morgan fingerprint density at radius 2 is 0.745 bits per heavy atom. The van der Waals surface area contributed by atoms with E-state index in [4.69, 9.17) is 9.47 Å². The summed E-state index contributed by atoms with van der Waals surface area (Å²) in [6, 6.07) is 1.81. The molecule has 0 bridgehead atoms. The standard InChI is InChI=1S/C44H82O5Si2/c1-9-48-43(46)41(38-50(3,4)5)35-31-27-23-19-14-12-11-13-17-21-25-29-33-40(37-45)34-30-26-22-18-15-16-20-24-28-32-36-42(39-51(6,7)8)44(47)49-10-2/h33,35-37H,9-32,34,38-39H2,1-8H3/b40-33-,41-35+,42-36+. The van der Waals surface area contributed by atoms with Gasteiger partial charge in [-0.25, -0.2) is 9.59 Å². The number of esters is 2. The van der Waals surface area contributed by atoms with Gasteiger partial charge in [-0.15, -0.1) is 0 Å². The number of carbonyl (C=O) groups is 3. The summed E-state index contributed by atoms with van der Waals surface area (Å²) in [6.45, 7) is 18.5. The Labute approximate surface area is 318 Å². The molecule has 0 saturated carbocycles. The van der Waals surface area contributed by atoms with E-state index in [1.165, 1.54) is 103 Å². The Morgan fingerprint density at radius 1 is 0.451 bits per heavy atom. The molecule has 51 heavy (non-hydrogen) atoms. The van der Waals surface area contributed by atoms with Crippen LogP contribution in [0.4, 0.5) is 0 Å². The summed E-state index contributed by atoms with van der Waals surface area (Å²) < 4.78 is 10.6. The van der Waals surface area contributed by atoms with Gasteiger partial charge in [0, 0.05) is 27.3 Å². The molecule has 0 fully saturated rings. The number of allylic oxidation sites excluding steroid dienone is 4. The molecule has 0 rings (SSSR count). The van der Waals surface area contributed by atoms with Crippen LogP contribution in [-0.2, 0) is 23.9 Å². The summed E-state index contributed by atoms with van der Waals surface area (Å²) in [5, 5.41) is 0. The van der Waals surface area contributed by atoms with Crippen LogP contribution in [-0.4, -0.2) is 47.6 Å². The van der Waals surface area contributed by atoms with Crippen LogP contribution >= 0.6 is 0 Å². The quantitative estimate of drug-likeness (QED) is 0.0216. The fraction of sp³-hybridized carbons (Fsp3) is 0.795. The van der Waals surface area contributed by atoms with Crippen molar-refractivity contribution in [2.24, 2.45) is 0 Å². The summed E-state index contributed by atoms with van der Waals surface area (Å²) in [5.74, 6) is -0.223. The van der Waals surface area contributed by atoms with Crippen LogP contribution < -0.4 is 0 Å². The highest BCUT2D eigenvalue weighted by molar-refractivity contribution is 6.77. The lowest BCUT2D eigenvalue weighted by Crippen LogP contribution is -2.23. The lowest BCUT2D eigenvalue weighted by Gasteiger charge is -2.17. The molecule has 0 aliphatic heterocycles. The van der Waals surface area contributed by atoms with E-state index >= 15 is 0 Å². The van der Waals surface area contributed by atoms with Crippen molar-refractivity contribution in [3.63, 3.8) is 0 Å². The third-order valence-corrected chi connectivity index (χ3v) is 12.1. The van der Waals surface area contributed by atoms with Gasteiger partial charge in [-0.3, -0.25) is 4.79 Å². The minimum absolute atomic E-state index is 0.109. The molecule has 0 aliphatic rings. The fourth-order valence-electron chi connectivity index (χ4n) is 6.51. The zero-order valence-corrected chi connectivity index (χ0v) is 36.9. The molecule has 0 N–H and O–H groups in total. The molecule has 0 aromatic carbocycles. The topological polar surface area (TPSA) is 69.7 Å². The molecule has 0 aliphatic carbocycles. The zero-order chi connectivity index (χ0) is 38.2. The third kappa shape index (κ3) is 32.6. The second kappa shape index (κ2) is 31.8. The van der Waals surface area contributed by atoms with Crippen molar-refractivity contribution in [2.45, 2.75) is 213 Å². The number of ether oxygens (including phenoxy) is 2. The molecular weight excluding hydrogens is 665 g/mol. The van der Waals surface area contributed by atoms with Gasteiger partial charge < -0.3 is 9.47 Å². The van der Waals surface area contributed by atoms with Crippen LogP contribution in [0.3, 0.4) is 0 Å². The van der Waals surface area contributed by atoms with Crippen LogP contribution in [0.15, 0.2) is 34.9 Å². The molecule has 0 radical (unpaired) electrons. The van der Waals surface area contributed by atoms with Crippen molar-refractivity contribution in [1.29, 1.82) is 0 Å². The lowest BCUT2D eigenvalue weighted by molar-refractivity contribution is -0.139. The maximum Gasteiger partial charge on any atom is 0.333 e. The molecule has 0 amide bonds. The average molecular weight is 747 g/mol. The van der Waals surface area contributed by atoms with Crippen LogP contribution in [0.5, 0.6) is 0 Å². The van der Waals surface area contributed by atoms with Gasteiger partial charge in [-0.05, 0) is 82.9 Å². The average Bonchev–Trinajstić information content (AvgIpc) is 3.05. The molecule has 0 heterocycles. The SMILES string of the molecule is CCOC(=O)/C(=C/CCCCCCCCCCCC/C=C(\C=O)CCCCCCCCCCC/C=C(\C[Si](C)(C)C)C(=O)OCC)C[Si](C)(C)C. The Balaban J connectivity index is 3.80. The van der Waals surface area contributed by atoms with Crippen molar-refractivity contribution >= 4 is 34.4 Å². The molecule has 0 aromatic heterocycles. The first kappa shape index (κ1) is 49.3. The summed E-state index contributed by atoms with van der Waals surface area (Å²) >= 11 is 0. The summed E-state index contributed by atoms with van der Waals surface area (Å²) in [6.07, 6.45) is 35.4. The van der Waals surface area contributed by atoms with Crippen molar-refractivity contribution in [3.05, 3.63) is 34.9 Å². The number of carbonyl (C=O) groups excluding carboxylic acids is 3. The van der Waals surface area contributed by atoms with Crippen molar-refractivity contribution in [2.75, 3.05) is 13.2 Å². The van der Waals surface area contributed by atoms with Crippen molar-refractivity contribution < 1.29 is 23.9 Å². The van der Waals surface area contributed by atoms with E-state index in [0.29, 0.717) is 13.2 Å². The van der Waals surface area contributed by atoms with Crippen LogP contribution in [0, 0.1) is 0 Å². The van der Waals surface area contributed by atoms with E-state index in [9.17, 15) is 14.4 Å². The largest absolute Gasteiger partial charge is 0.463 e. The zero-order valence-electron chi connectivity index (χ0n) is 34.9. The summed E-state index contributed by atoms with van der Waals surface area (Å²) in [4.78, 5) is 36.1. The first-order valence-electron chi connectivity index (χ1n) is 21.2. The van der Waals surface area contributed by atoms with E-state index in [2.05, 4.69) is 57.5 Å². The van der Waals surface area contributed by atoms with Gasteiger partial charge in [0.05, 0.1) is 13.2 Å². The van der Waals surface area contributed by atoms with Gasteiger partial charge in [0.1, 0.15) is 6.29 Å². The number of hydrogen-bond donors (Lipinski definition) is 0. The van der Waals surface area contributed by atoms with Crippen LogP contribution in [0.25, 0.3) is 0 Å². The highest BCUT2D eigenvalue weighted by Gasteiger charge is 2.21. The Bertz CT molecular complexity index is 1000. The Morgan fingerprint density at radius 3 is 1.04 bits per heavy atom. The fourth-order valence-corrected chi connectivity index (χ4v) is 9.37. The maximum atomic E-state index is 12.3. The van der Waals surface area contributed by atoms with E-state index < -0.39 is 16.1 Å². The van der Waals surface area contributed by atoms with Gasteiger partial charge in [-0.2, -0.15) is 0 Å². The number of rotatable bonds is 34. The monoisotopic (exact) mass is 747 g/mol. The molecule has 0 aromatic rings. The molecule has 0 spiro atoms. The number of unbranched alkanes of at least 4 members (excludes halogenated alkanes) is 20. The third-order valence-electron chi connectivity index (χ3n) is 9.18. The highest BCUT2D eigenvalue weighted by Crippen LogP contribution is 2.21. The van der Waals surface area contributed by atoms with E-state index in [-0.39, 0.29) is 11.9 Å². The number of aldehydes is 1. The van der Waals surface area contributed by atoms with Gasteiger partial charge >= 0.3 is 11.9 Å². The molecule has 7 heteroatoms. The van der Waals surface area contributed by atoms with Crippen molar-refractivity contribution in [3.8, 4) is 0 Å². The predicted octanol–water partition coefficient (Wildman–Crippen LogP) is 13.7. The van der Waals surface area contributed by atoms with Gasteiger partial charge in [0.15, 0.2) is 0 Å². The highest BCUT2D eigenvalue weighted by atomic mass is 28.3. The summed E-state index contributed by atoms with van der Waals surface area (Å²) in [5.41, 5.74) is 2.80. The Hall–Kier alpha value is -1.74. The van der Waals surface area contributed by atoms with E-state index in [1.54, 1.807) is 0 Å². The molecule has 0 saturated heterocycles. The van der Waals surface area contributed by atoms with Gasteiger partial charge in [0.25, 0.3) is 0 Å². The minimum atomic E-state index is -1.35. The molecule has 0 unspecified atom stereocenters. The van der Waals surface area contributed by atoms with Crippen LogP contribution in [0.1, 0.15) is 162 Å². The Kier molecular flexibility index (Phi) is 30.7. The van der Waals surface area contributed by atoms with Crippen molar-refractivity contribution in [1.82, 2.24) is 0 Å². The first-order valence-corrected chi connectivity index (χ1v) is 28.6.